The van der Waals surface area contributed by atoms with E-state index in [0.717, 1.165) is 5.69 Å². The fraction of sp³-hybridized carbons (Fsp3) is 0.158. The third-order valence-corrected chi connectivity index (χ3v) is 4.29. The number of carbonyl (C=O) groups is 2. The Morgan fingerprint density at radius 2 is 1.97 bits per heavy atom. The first-order valence-electron chi connectivity index (χ1n) is 8.73. The number of aryl methyl sites for hydroxylation is 2. The minimum atomic E-state index is -0.683. The van der Waals surface area contributed by atoms with E-state index in [1.165, 1.54) is 18.6 Å². The third-order valence-electron chi connectivity index (χ3n) is 4.09. The maximum Gasteiger partial charge on any atom is 0.275 e. The lowest BCUT2D eigenvalue weighted by molar-refractivity contribution is 0.0933. The van der Waals surface area contributed by atoms with Crippen molar-refractivity contribution in [3.05, 3.63) is 69.9 Å². The molecule has 9 nitrogen and oxygen atoms in total. The molecule has 0 spiro atoms. The van der Waals surface area contributed by atoms with E-state index in [1.807, 2.05) is 13.8 Å². The van der Waals surface area contributed by atoms with Crippen molar-refractivity contribution >= 4 is 40.2 Å². The highest BCUT2D eigenvalue weighted by molar-refractivity contribution is 7.80. The number of hydrogen-bond acceptors (Lipinski definition) is 6. The van der Waals surface area contributed by atoms with Crippen LogP contribution in [-0.2, 0) is 6.54 Å². The summed E-state index contributed by atoms with van der Waals surface area (Å²) in [5.41, 5.74) is 5.83. The van der Waals surface area contributed by atoms with E-state index >= 15 is 0 Å². The summed E-state index contributed by atoms with van der Waals surface area (Å²) >= 11 is 5.00. The van der Waals surface area contributed by atoms with Crippen molar-refractivity contribution in [1.82, 2.24) is 30.7 Å². The molecule has 0 saturated carbocycles. The summed E-state index contributed by atoms with van der Waals surface area (Å²) in [6, 6.07) is 6.55. The molecule has 10 heteroatoms. The van der Waals surface area contributed by atoms with Gasteiger partial charge in [0.15, 0.2) is 5.11 Å². The van der Waals surface area contributed by atoms with Gasteiger partial charge in [-0.25, -0.2) is 4.98 Å². The molecule has 2 amide bonds. The van der Waals surface area contributed by atoms with Gasteiger partial charge < -0.3 is 4.57 Å². The van der Waals surface area contributed by atoms with Crippen LogP contribution in [0.5, 0.6) is 0 Å². The Labute approximate surface area is 171 Å². The van der Waals surface area contributed by atoms with Gasteiger partial charge in [0, 0.05) is 30.8 Å². The van der Waals surface area contributed by atoms with Gasteiger partial charge in [0.05, 0.1) is 10.9 Å². The second-order valence-electron chi connectivity index (χ2n) is 6.09. The first-order valence-corrected chi connectivity index (χ1v) is 9.14. The quantitative estimate of drug-likeness (QED) is 0.437. The van der Waals surface area contributed by atoms with Gasteiger partial charge in [-0.2, -0.15) is 0 Å². The van der Waals surface area contributed by atoms with E-state index < -0.39 is 17.2 Å². The van der Waals surface area contributed by atoms with Crippen LogP contribution < -0.4 is 21.6 Å². The predicted octanol–water partition coefficient (Wildman–Crippen LogP) is 1.07. The normalized spacial score (nSPS) is 10.4. The van der Waals surface area contributed by atoms with Gasteiger partial charge in [-0.3, -0.25) is 35.5 Å². The van der Waals surface area contributed by atoms with Crippen molar-refractivity contribution < 1.29 is 9.59 Å². The number of carbonyl (C=O) groups excluding carboxylic acids is 2. The van der Waals surface area contributed by atoms with Crippen LogP contribution in [0.4, 0.5) is 0 Å². The molecule has 0 aromatic carbocycles. The summed E-state index contributed by atoms with van der Waals surface area (Å²) < 4.78 is 1.72. The van der Waals surface area contributed by atoms with Crippen LogP contribution in [-0.4, -0.2) is 31.5 Å². The minimum absolute atomic E-state index is 0.0705. The second-order valence-corrected chi connectivity index (χ2v) is 6.49. The molecule has 0 aliphatic rings. The molecule has 0 saturated heterocycles. The maximum atomic E-state index is 12.7. The fourth-order valence-electron chi connectivity index (χ4n) is 2.65. The van der Waals surface area contributed by atoms with E-state index in [4.69, 9.17) is 12.2 Å². The number of fused-ring (bicyclic) bond motifs is 1. The highest BCUT2D eigenvalue weighted by Gasteiger charge is 2.16. The van der Waals surface area contributed by atoms with E-state index in [0.29, 0.717) is 23.1 Å². The van der Waals surface area contributed by atoms with Gasteiger partial charge in [0.25, 0.3) is 11.8 Å². The van der Waals surface area contributed by atoms with Crippen LogP contribution in [0.15, 0.2) is 47.7 Å². The molecular formula is C19H18N6O3S. The Bertz CT molecular complexity index is 1160. The van der Waals surface area contributed by atoms with Crippen molar-refractivity contribution in [1.29, 1.82) is 0 Å². The van der Waals surface area contributed by atoms with Gasteiger partial charge in [-0.15, -0.1) is 0 Å². The Morgan fingerprint density at radius 3 is 2.66 bits per heavy atom. The van der Waals surface area contributed by atoms with E-state index in [9.17, 15) is 14.4 Å². The molecule has 29 heavy (non-hydrogen) atoms. The molecule has 0 radical (unpaired) electrons. The summed E-state index contributed by atoms with van der Waals surface area (Å²) in [6.07, 6.45) is 4.37. The Balaban J connectivity index is 1.74. The molecule has 0 atom stereocenters. The average Bonchev–Trinajstić information content (AvgIpc) is 2.73. The van der Waals surface area contributed by atoms with Gasteiger partial charge in [-0.1, -0.05) is 0 Å². The molecule has 3 aromatic rings. The number of hydrogen-bond donors (Lipinski definition) is 3. The lowest BCUT2D eigenvalue weighted by Crippen LogP contribution is -2.49. The van der Waals surface area contributed by atoms with Crippen LogP contribution in [0.1, 0.15) is 33.3 Å². The maximum absolute atomic E-state index is 12.7. The topological polar surface area (TPSA) is 118 Å². The van der Waals surface area contributed by atoms with Gasteiger partial charge in [0.1, 0.15) is 11.2 Å². The molecule has 0 aliphatic heterocycles. The summed E-state index contributed by atoms with van der Waals surface area (Å²) in [7, 11) is 0. The average molecular weight is 410 g/mol. The highest BCUT2D eigenvalue weighted by Crippen LogP contribution is 2.10. The third kappa shape index (κ3) is 4.43. The number of nitrogens with zero attached hydrogens (tertiary/aromatic N) is 3. The van der Waals surface area contributed by atoms with E-state index in [2.05, 4.69) is 26.1 Å². The smallest absolute Gasteiger partial charge is 0.275 e. The molecular weight excluding hydrogens is 392 g/mol. The number of hydrazine groups is 1. The van der Waals surface area contributed by atoms with Crippen LogP contribution in [0.3, 0.4) is 0 Å². The second kappa shape index (κ2) is 8.57. The van der Waals surface area contributed by atoms with Crippen LogP contribution in [0.25, 0.3) is 11.0 Å². The first kappa shape index (κ1) is 20.1. The van der Waals surface area contributed by atoms with Crippen LogP contribution >= 0.6 is 12.2 Å². The van der Waals surface area contributed by atoms with Gasteiger partial charge >= 0.3 is 0 Å². The summed E-state index contributed by atoms with van der Waals surface area (Å²) in [6.45, 7) is 4.24. The van der Waals surface area contributed by atoms with Gasteiger partial charge in [0.2, 0.25) is 5.43 Å². The van der Waals surface area contributed by atoms with Crippen LogP contribution in [0, 0.1) is 6.92 Å². The van der Waals surface area contributed by atoms with E-state index in [1.54, 1.807) is 28.8 Å². The highest BCUT2D eigenvalue weighted by atomic mass is 32.1. The zero-order valence-electron chi connectivity index (χ0n) is 15.7. The SMILES string of the molecule is CCn1cc(C(=O)NNC(=S)NC(=O)c2cccnc2)c(=O)c2ccc(C)nc21. The number of pyridine rings is 3. The molecule has 0 unspecified atom stereocenters. The van der Waals surface area contributed by atoms with Crippen molar-refractivity contribution in [3.63, 3.8) is 0 Å². The molecule has 0 bridgehead atoms. The van der Waals surface area contributed by atoms with Crippen molar-refractivity contribution in [2.24, 2.45) is 0 Å². The summed E-state index contributed by atoms with van der Waals surface area (Å²) in [5, 5.41) is 2.63. The van der Waals surface area contributed by atoms with Crippen LogP contribution in [0.2, 0.25) is 0 Å². The predicted molar refractivity (Wildman–Crippen MR) is 111 cm³/mol. The van der Waals surface area contributed by atoms with Gasteiger partial charge in [-0.05, 0) is 50.3 Å². The lowest BCUT2D eigenvalue weighted by atomic mass is 10.1. The number of thiocarbonyl (C=S) groups is 1. The Kier molecular flexibility index (Phi) is 5.93. The largest absolute Gasteiger partial charge is 0.332 e. The lowest BCUT2D eigenvalue weighted by Gasteiger charge is -2.13. The zero-order valence-corrected chi connectivity index (χ0v) is 16.5. The Morgan fingerprint density at radius 1 is 1.17 bits per heavy atom. The molecule has 3 rings (SSSR count). The van der Waals surface area contributed by atoms with Crippen molar-refractivity contribution in [2.45, 2.75) is 20.4 Å². The molecule has 0 fully saturated rings. The number of rotatable bonds is 3. The molecule has 0 aliphatic carbocycles. The minimum Gasteiger partial charge on any atom is -0.332 e. The van der Waals surface area contributed by atoms with E-state index in [-0.39, 0.29) is 10.7 Å². The molecule has 148 valence electrons. The van der Waals surface area contributed by atoms with Crippen molar-refractivity contribution in [3.8, 4) is 0 Å². The molecule has 3 heterocycles. The van der Waals surface area contributed by atoms with Crippen molar-refractivity contribution in [2.75, 3.05) is 0 Å². The monoisotopic (exact) mass is 410 g/mol. The number of amides is 2. The summed E-state index contributed by atoms with van der Waals surface area (Å²) in [4.78, 5) is 45.5. The molecule has 3 aromatic heterocycles. The summed E-state index contributed by atoms with van der Waals surface area (Å²) in [5.74, 6) is -1.16. The standard InChI is InChI=1S/C19H18N6O3S/c1-3-25-10-14(15(26)13-7-6-11(2)21-16(13)25)18(28)23-24-19(29)22-17(27)12-5-4-8-20-9-12/h4-10H,3H2,1-2H3,(H,23,28)(H2,22,24,27,29). The zero-order chi connectivity index (χ0) is 21.0. The first-order chi connectivity index (χ1) is 13.9. The fourth-order valence-corrected chi connectivity index (χ4v) is 2.79. The molecule has 3 N–H and O–H groups in total. The number of aromatic nitrogens is 3. The Hall–Kier alpha value is -3.66. The number of nitrogens with one attached hydrogen (secondary N) is 3.